The summed E-state index contributed by atoms with van der Waals surface area (Å²) >= 11 is 0. The number of ether oxygens (including phenoxy) is 1. The SMILES string of the molecule is Cc1nn(C)c2ccc(OCCN)cc12. The van der Waals surface area contributed by atoms with Crippen molar-refractivity contribution >= 4 is 10.9 Å². The van der Waals surface area contributed by atoms with E-state index in [4.69, 9.17) is 10.5 Å². The van der Waals surface area contributed by atoms with Crippen molar-refractivity contribution in [1.29, 1.82) is 0 Å². The molecule has 15 heavy (non-hydrogen) atoms. The van der Waals surface area contributed by atoms with E-state index in [1.54, 1.807) is 0 Å². The standard InChI is InChI=1S/C11H15N3O/c1-8-10-7-9(15-6-5-12)3-4-11(10)14(2)13-8/h3-4,7H,5-6,12H2,1-2H3. The van der Waals surface area contributed by atoms with Crippen molar-refractivity contribution in [3.63, 3.8) is 0 Å². The third-order valence-electron chi connectivity index (χ3n) is 2.39. The summed E-state index contributed by atoms with van der Waals surface area (Å²) in [5.74, 6) is 0.851. The first-order valence-electron chi connectivity index (χ1n) is 4.98. The van der Waals surface area contributed by atoms with Crippen LogP contribution in [0.15, 0.2) is 18.2 Å². The van der Waals surface area contributed by atoms with Crippen molar-refractivity contribution in [2.45, 2.75) is 6.92 Å². The van der Waals surface area contributed by atoms with E-state index in [1.165, 1.54) is 0 Å². The first-order chi connectivity index (χ1) is 7.22. The lowest BCUT2D eigenvalue weighted by Gasteiger charge is -2.04. The van der Waals surface area contributed by atoms with Gasteiger partial charge in [0.05, 0.1) is 11.2 Å². The van der Waals surface area contributed by atoms with Gasteiger partial charge in [-0.05, 0) is 25.1 Å². The Bertz CT molecular complexity index is 476. The van der Waals surface area contributed by atoms with E-state index in [2.05, 4.69) is 5.10 Å². The Hall–Kier alpha value is -1.55. The van der Waals surface area contributed by atoms with Gasteiger partial charge in [0.25, 0.3) is 0 Å². The summed E-state index contributed by atoms with van der Waals surface area (Å²) in [5.41, 5.74) is 7.52. The molecule has 0 unspecified atom stereocenters. The highest BCUT2D eigenvalue weighted by Crippen LogP contribution is 2.22. The molecule has 0 aliphatic carbocycles. The van der Waals surface area contributed by atoms with Crippen LogP contribution in [0.4, 0.5) is 0 Å². The van der Waals surface area contributed by atoms with Gasteiger partial charge >= 0.3 is 0 Å². The Labute approximate surface area is 88.6 Å². The summed E-state index contributed by atoms with van der Waals surface area (Å²) < 4.78 is 7.34. The van der Waals surface area contributed by atoms with Gasteiger partial charge in [-0.15, -0.1) is 0 Å². The molecule has 1 aromatic heterocycles. The van der Waals surface area contributed by atoms with Gasteiger partial charge in [0.1, 0.15) is 12.4 Å². The molecule has 2 rings (SSSR count). The molecule has 0 fully saturated rings. The number of nitrogens with two attached hydrogens (primary N) is 1. The van der Waals surface area contributed by atoms with Crippen LogP contribution in [-0.2, 0) is 7.05 Å². The van der Waals surface area contributed by atoms with Gasteiger partial charge in [-0.3, -0.25) is 4.68 Å². The number of nitrogens with zero attached hydrogens (tertiary/aromatic N) is 2. The molecule has 0 saturated carbocycles. The molecule has 1 heterocycles. The Kier molecular flexibility index (Phi) is 2.60. The number of hydrogen-bond acceptors (Lipinski definition) is 3. The van der Waals surface area contributed by atoms with Crippen molar-refractivity contribution in [3.05, 3.63) is 23.9 Å². The highest BCUT2D eigenvalue weighted by atomic mass is 16.5. The van der Waals surface area contributed by atoms with Gasteiger partial charge in [-0.1, -0.05) is 0 Å². The zero-order chi connectivity index (χ0) is 10.8. The second kappa shape index (κ2) is 3.90. The molecular weight excluding hydrogens is 190 g/mol. The van der Waals surface area contributed by atoms with E-state index in [0.717, 1.165) is 22.3 Å². The van der Waals surface area contributed by atoms with Crippen LogP contribution in [0, 0.1) is 6.92 Å². The number of benzene rings is 1. The molecule has 2 N–H and O–H groups in total. The molecule has 80 valence electrons. The molecular formula is C11H15N3O. The second-order valence-corrected chi connectivity index (χ2v) is 3.53. The van der Waals surface area contributed by atoms with E-state index >= 15 is 0 Å². The van der Waals surface area contributed by atoms with Gasteiger partial charge in [-0.2, -0.15) is 5.10 Å². The summed E-state index contributed by atoms with van der Waals surface area (Å²) in [6, 6.07) is 5.97. The minimum atomic E-state index is 0.532. The fraction of sp³-hybridized carbons (Fsp3) is 0.364. The van der Waals surface area contributed by atoms with Crippen molar-refractivity contribution < 1.29 is 4.74 Å². The fourth-order valence-corrected chi connectivity index (χ4v) is 1.69. The van der Waals surface area contributed by atoms with E-state index in [0.29, 0.717) is 13.2 Å². The zero-order valence-electron chi connectivity index (χ0n) is 9.03. The minimum Gasteiger partial charge on any atom is -0.492 e. The Balaban J connectivity index is 2.41. The van der Waals surface area contributed by atoms with Crippen LogP contribution < -0.4 is 10.5 Å². The molecule has 1 aromatic carbocycles. The molecule has 0 spiro atoms. The molecule has 0 aliphatic rings. The van der Waals surface area contributed by atoms with Gasteiger partial charge in [0.15, 0.2) is 0 Å². The molecule has 4 heteroatoms. The highest BCUT2D eigenvalue weighted by molar-refractivity contribution is 5.83. The van der Waals surface area contributed by atoms with Crippen LogP contribution in [-0.4, -0.2) is 22.9 Å². The average Bonchev–Trinajstić information content (AvgIpc) is 2.52. The topological polar surface area (TPSA) is 53.1 Å². The normalized spacial score (nSPS) is 10.9. The fourth-order valence-electron chi connectivity index (χ4n) is 1.69. The van der Waals surface area contributed by atoms with Crippen LogP contribution in [0.2, 0.25) is 0 Å². The van der Waals surface area contributed by atoms with Crippen LogP contribution >= 0.6 is 0 Å². The maximum absolute atomic E-state index is 5.47. The van der Waals surface area contributed by atoms with E-state index in [9.17, 15) is 0 Å². The third kappa shape index (κ3) is 1.80. The Morgan fingerprint density at radius 2 is 2.27 bits per heavy atom. The molecule has 0 amide bonds. The average molecular weight is 205 g/mol. The summed E-state index contributed by atoms with van der Waals surface area (Å²) in [6.07, 6.45) is 0. The van der Waals surface area contributed by atoms with Crippen LogP contribution in [0.25, 0.3) is 10.9 Å². The van der Waals surface area contributed by atoms with Crippen LogP contribution in [0.3, 0.4) is 0 Å². The molecule has 2 aromatic rings. The Morgan fingerprint density at radius 1 is 1.47 bits per heavy atom. The largest absolute Gasteiger partial charge is 0.492 e. The molecule has 0 saturated heterocycles. The lowest BCUT2D eigenvalue weighted by molar-refractivity contribution is 0.329. The number of aryl methyl sites for hydroxylation is 2. The van der Waals surface area contributed by atoms with Gasteiger partial charge < -0.3 is 10.5 Å². The van der Waals surface area contributed by atoms with Crippen molar-refractivity contribution in [1.82, 2.24) is 9.78 Å². The van der Waals surface area contributed by atoms with Crippen LogP contribution in [0.5, 0.6) is 5.75 Å². The smallest absolute Gasteiger partial charge is 0.120 e. The first kappa shape index (κ1) is 9.98. The minimum absolute atomic E-state index is 0.532. The maximum atomic E-state index is 5.47. The third-order valence-corrected chi connectivity index (χ3v) is 2.39. The first-order valence-corrected chi connectivity index (χ1v) is 4.98. The number of aromatic nitrogens is 2. The highest BCUT2D eigenvalue weighted by Gasteiger charge is 2.05. The molecule has 0 atom stereocenters. The molecule has 0 bridgehead atoms. The predicted molar refractivity (Wildman–Crippen MR) is 60.0 cm³/mol. The summed E-state index contributed by atoms with van der Waals surface area (Å²) in [6.45, 7) is 3.07. The zero-order valence-corrected chi connectivity index (χ0v) is 9.03. The van der Waals surface area contributed by atoms with Crippen molar-refractivity contribution in [3.8, 4) is 5.75 Å². The van der Waals surface area contributed by atoms with Gasteiger partial charge in [0, 0.05) is 19.0 Å². The lowest BCUT2D eigenvalue weighted by Crippen LogP contribution is -2.10. The van der Waals surface area contributed by atoms with Crippen molar-refractivity contribution in [2.24, 2.45) is 12.8 Å². The van der Waals surface area contributed by atoms with Gasteiger partial charge in [-0.25, -0.2) is 0 Å². The number of fused-ring (bicyclic) bond motifs is 1. The van der Waals surface area contributed by atoms with Crippen molar-refractivity contribution in [2.75, 3.05) is 13.2 Å². The summed E-state index contributed by atoms with van der Waals surface area (Å²) in [7, 11) is 1.94. The van der Waals surface area contributed by atoms with E-state index in [-0.39, 0.29) is 0 Å². The maximum Gasteiger partial charge on any atom is 0.120 e. The number of hydrogen-bond donors (Lipinski definition) is 1. The molecule has 0 aliphatic heterocycles. The predicted octanol–water partition coefficient (Wildman–Crippen LogP) is 1.22. The Morgan fingerprint density at radius 3 is 3.00 bits per heavy atom. The molecule has 0 radical (unpaired) electrons. The van der Waals surface area contributed by atoms with Gasteiger partial charge in [0.2, 0.25) is 0 Å². The van der Waals surface area contributed by atoms with E-state index < -0.39 is 0 Å². The number of rotatable bonds is 3. The summed E-state index contributed by atoms with van der Waals surface area (Å²) in [4.78, 5) is 0. The molecule has 4 nitrogen and oxygen atoms in total. The van der Waals surface area contributed by atoms with Crippen LogP contribution in [0.1, 0.15) is 5.69 Å². The lowest BCUT2D eigenvalue weighted by atomic mass is 10.2. The van der Waals surface area contributed by atoms with E-state index in [1.807, 2.05) is 36.9 Å². The second-order valence-electron chi connectivity index (χ2n) is 3.53. The monoisotopic (exact) mass is 205 g/mol. The quantitative estimate of drug-likeness (QED) is 0.819. The summed E-state index contributed by atoms with van der Waals surface area (Å²) in [5, 5.41) is 5.48.